The summed E-state index contributed by atoms with van der Waals surface area (Å²) in [7, 11) is 0. The van der Waals surface area contributed by atoms with Gasteiger partial charge in [-0.1, -0.05) is 0 Å². The van der Waals surface area contributed by atoms with E-state index in [0.29, 0.717) is 26.3 Å². The number of carbonyl (C=O) groups is 3. The number of hydrogen-bond donors (Lipinski definition) is 3. The molecule has 2 aliphatic rings. The Morgan fingerprint density at radius 2 is 1.81 bits per heavy atom. The molecule has 1 aliphatic heterocycles. The van der Waals surface area contributed by atoms with Gasteiger partial charge in [-0.05, 0) is 25.7 Å². The number of rotatable bonds is 5. The standard InChI is InChI=1S/C13H21N3O5/c1-8(11(17)16-4-6-21-7-5-16)14-13(20)15-10(12(18)19)9-2-3-9/h8-10H,2-7H2,1H3,(H,18,19)(H2,14,15,20). The van der Waals surface area contributed by atoms with E-state index in [0.717, 1.165) is 12.8 Å². The molecule has 1 saturated heterocycles. The van der Waals surface area contributed by atoms with E-state index in [4.69, 9.17) is 9.84 Å². The average molecular weight is 299 g/mol. The fourth-order valence-electron chi connectivity index (χ4n) is 2.31. The molecular formula is C13H21N3O5. The lowest BCUT2D eigenvalue weighted by atomic mass is 10.2. The van der Waals surface area contributed by atoms with Crippen molar-refractivity contribution in [3.8, 4) is 0 Å². The van der Waals surface area contributed by atoms with Crippen LogP contribution >= 0.6 is 0 Å². The zero-order chi connectivity index (χ0) is 15.4. The minimum absolute atomic E-state index is 0.00139. The van der Waals surface area contributed by atoms with Gasteiger partial charge >= 0.3 is 12.0 Å². The number of hydrogen-bond acceptors (Lipinski definition) is 4. The summed E-state index contributed by atoms with van der Waals surface area (Å²) in [6.45, 7) is 3.59. The molecule has 1 aliphatic carbocycles. The monoisotopic (exact) mass is 299 g/mol. The first-order chi connectivity index (χ1) is 9.99. The first-order valence-corrected chi connectivity index (χ1v) is 7.15. The zero-order valence-electron chi connectivity index (χ0n) is 12.0. The lowest BCUT2D eigenvalue weighted by molar-refractivity contribution is -0.139. The Morgan fingerprint density at radius 1 is 1.19 bits per heavy atom. The third-order valence-electron chi connectivity index (χ3n) is 3.69. The van der Waals surface area contributed by atoms with Gasteiger partial charge in [0, 0.05) is 13.1 Å². The van der Waals surface area contributed by atoms with Crippen LogP contribution in [0.25, 0.3) is 0 Å². The molecule has 2 unspecified atom stereocenters. The number of carboxylic acids is 1. The van der Waals surface area contributed by atoms with Gasteiger partial charge in [-0.15, -0.1) is 0 Å². The molecule has 0 aromatic carbocycles. The van der Waals surface area contributed by atoms with E-state index in [2.05, 4.69) is 10.6 Å². The van der Waals surface area contributed by atoms with Gasteiger partial charge in [-0.2, -0.15) is 0 Å². The molecule has 3 N–H and O–H groups in total. The van der Waals surface area contributed by atoms with E-state index in [9.17, 15) is 14.4 Å². The van der Waals surface area contributed by atoms with Crippen molar-refractivity contribution in [2.24, 2.45) is 5.92 Å². The van der Waals surface area contributed by atoms with Gasteiger partial charge in [0.2, 0.25) is 5.91 Å². The van der Waals surface area contributed by atoms with Crippen molar-refractivity contribution in [2.75, 3.05) is 26.3 Å². The van der Waals surface area contributed by atoms with Crippen LogP contribution in [-0.4, -0.2) is 66.3 Å². The van der Waals surface area contributed by atoms with Crippen molar-refractivity contribution in [2.45, 2.75) is 31.8 Å². The summed E-state index contributed by atoms with van der Waals surface area (Å²) < 4.78 is 5.16. The van der Waals surface area contributed by atoms with Crippen molar-refractivity contribution in [3.05, 3.63) is 0 Å². The number of amides is 3. The third kappa shape index (κ3) is 4.32. The summed E-state index contributed by atoms with van der Waals surface area (Å²) in [5, 5.41) is 14.0. The highest BCUT2D eigenvalue weighted by atomic mass is 16.5. The number of carbonyl (C=O) groups excluding carboxylic acids is 2. The minimum Gasteiger partial charge on any atom is -0.480 e. The normalized spacial score (nSPS) is 21.3. The number of morpholine rings is 1. The van der Waals surface area contributed by atoms with Crippen LogP contribution in [0.5, 0.6) is 0 Å². The van der Waals surface area contributed by atoms with E-state index >= 15 is 0 Å². The van der Waals surface area contributed by atoms with Crippen LogP contribution in [-0.2, 0) is 14.3 Å². The lowest BCUT2D eigenvalue weighted by Crippen LogP contribution is -2.54. The number of carboxylic acid groups (broad SMARTS) is 1. The summed E-state index contributed by atoms with van der Waals surface area (Å²) in [6, 6.07) is -2.20. The molecule has 2 atom stereocenters. The van der Waals surface area contributed by atoms with E-state index in [1.165, 1.54) is 0 Å². The van der Waals surface area contributed by atoms with Gasteiger partial charge in [0.25, 0.3) is 0 Å². The summed E-state index contributed by atoms with van der Waals surface area (Å²) in [4.78, 5) is 36.6. The van der Waals surface area contributed by atoms with Crippen LogP contribution in [0.15, 0.2) is 0 Å². The van der Waals surface area contributed by atoms with Crippen molar-refractivity contribution >= 4 is 17.9 Å². The Labute approximate surface area is 122 Å². The summed E-state index contributed by atoms with van der Waals surface area (Å²) in [5.74, 6) is -1.23. The molecule has 0 aromatic heterocycles. The van der Waals surface area contributed by atoms with Crippen LogP contribution in [0, 0.1) is 5.92 Å². The van der Waals surface area contributed by atoms with E-state index < -0.39 is 24.1 Å². The molecule has 1 saturated carbocycles. The van der Waals surface area contributed by atoms with Crippen LogP contribution in [0.2, 0.25) is 0 Å². The summed E-state index contributed by atoms with van der Waals surface area (Å²) in [5.41, 5.74) is 0. The maximum Gasteiger partial charge on any atom is 0.326 e. The van der Waals surface area contributed by atoms with Crippen LogP contribution < -0.4 is 10.6 Å². The highest BCUT2D eigenvalue weighted by molar-refractivity contribution is 5.88. The van der Waals surface area contributed by atoms with Crippen LogP contribution in [0.4, 0.5) is 4.79 Å². The maximum atomic E-state index is 12.1. The van der Waals surface area contributed by atoms with Gasteiger partial charge in [0.05, 0.1) is 13.2 Å². The van der Waals surface area contributed by atoms with Gasteiger partial charge < -0.3 is 25.4 Å². The van der Waals surface area contributed by atoms with Crippen molar-refractivity contribution in [1.29, 1.82) is 0 Å². The Balaban J connectivity index is 1.80. The fraction of sp³-hybridized carbons (Fsp3) is 0.769. The molecule has 1 heterocycles. The molecule has 0 bridgehead atoms. The highest BCUT2D eigenvalue weighted by Gasteiger charge is 2.37. The quantitative estimate of drug-likeness (QED) is 0.628. The first kappa shape index (κ1) is 15.6. The molecular weight excluding hydrogens is 278 g/mol. The zero-order valence-corrected chi connectivity index (χ0v) is 12.0. The van der Waals surface area contributed by atoms with Gasteiger partial charge in [-0.25, -0.2) is 9.59 Å². The minimum atomic E-state index is -1.04. The predicted molar refractivity (Wildman–Crippen MR) is 72.7 cm³/mol. The molecule has 3 amide bonds. The van der Waals surface area contributed by atoms with Crippen molar-refractivity contribution < 1.29 is 24.2 Å². The molecule has 8 nitrogen and oxygen atoms in total. The largest absolute Gasteiger partial charge is 0.480 e. The second kappa shape index (κ2) is 6.75. The second-order valence-electron chi connectivity index (χ2n) is 5.43. The third-order valence-corrected chi connectivity index (χ3v) is 3.69. The Bertz CT molecular complexity index is 418. The van der Waals surface area contributed by atoms with E-state index in [1.54, 1.807) is 11.8 Å². The molecule has 118 valence electrons. The van der Waals surface area contributed by atoms with Crippen LogP contribution in [0.3, 0.4) is 0 Å². The smallest absolute Gasteiger partial charge is 0.326 e. The number of aliphatic carboxylic acids is 1. The molecule has 0 radical (unpaired) electrons. The summed E-state index contributed by atoms with van der Waals surface area (Å²) >= 11 is 0. The number of ether oxygens (including phenoxy) is 1. The van der Waals surface area contributed by atoms with E-state index in [-0.39, 0.29) is 11.8 Å². The molecule has 21 heavy (non-hydrogen) atoms. The Hall–Kier alpha value is -1.83. The lowest BCUT2D eigenvalue weighted by Gasteiger charge is -2.29. The molecule has 0 spiro atoms. The maximum absolute atomic E-state index is 12.1. The predicted octanol–water partition coefficient (Wildman–Crippen LogP) is -0.604. The highest BCUT2D eigenvalue weighted by Crippen LogP contribution is 2.32. The topological polar surface area (TPSA) is 108 Å². The Kier molecular flexibility index (Phi) is 5.00. The second-order valence-corrected chi connectivity index (χ2v) is 5.43. The van der Waals surface area contributed by atoms with Gasteiger partial charge in [-0.3, -0.25) is 4.79 Å². The van der Waals surface area contributed by atoms with Crippen molar-refractivity contribution in [1.82, 2.24) is 15.5 Å². The molecule has 0 aromatic rings. The first-order valence-electron chi connectivity index (χ1n) is 7.15. The van der Waals surface area contributed by atoms with Gasteiger partial charge in [0.1, 0.15) is 12.1 Å². The van der Waals surface area contributed by atoms with Crippen molar-refractivity contribution in [3.63, 3.8) is 0 Å². The number of nitrogens with zero attached hydrogens (tertiary/aromatic N) is 1. The SMILES string of the molecule is CC(NC(=O)NC(C(=O)O)C1CC1)C(=O)N1CCOCC1. The Morgan fingerprint density at radius 3 is 2.33 bits per heavy atom. The summed E-state index contributed by atoms with van der Waals surface area (Å²) in [6.07, 6.45) is 1.61. The average Bonchev–Trinajstić information content (AvgIpc) is 3.29. The van der Waals surface area contributed by atoms with Crippen LogP contribution in [0.1, 0.15) is 19.8 Å². The fourth-order valence-corrected chi connectivity index (χ4v) is 2.31. The molecule has 2 fully saturated rings. The molecule has 8 heteroatoms. The van der Waals surface area contributed by atoms with E-state index in [1.807, 2.05) is 0 Å². The molecule has 2 rings (SSSR count). The number of nitrogens with one attached hydrogen (secondary N) is 2. The number of urea groups is 1. The van der Waals surface area contributed by atoms with Gasteiger partial charge in [0.15, 0.2) is 0 Å².